The van der Waals surface area contributed by atoms with E-state index in [2.05, 4.69) is 4.98 Å². The third-order valence-electron chi connectivity index (χ3n) is 1.65. The molecule has 0 saturated carbocycles. The summed E-state index contributed by atoms with van der Waals surface area (Å²) >= 11 is 4.96. The predicted octanol–water partition coefficient (Wildman–Crippen LogP) is 2.01. The molecule has 0 aliphatic carbocycles. The summed E-state index contributed by atoms with van der Waals surface area (Å²) in [6.45, 7) is 0. The van der Waals surface area contributed by atoms with E-state index in [0.717, 1.165) is 0 Å². The summed E-state index contributed by atoms with van der Waals surface area (Å²) in [5.74, 6) is -0.920. The summed E-state index contributed by atoms with van der Waals surface area (Å²) in [5.41, 5.74) is -3.49. The van der Waals surface area contributed by atoms with Crippen LogP contribution in [-0.4, -0.2) is 20.3 Å². The van der Waals surface area contributed by atoms with Crippen molar-refractivity contribution in [2.24, 2.45) is 0 Å². The molecule has 0 atom stereocenters. The lowest BCUT2D eigenvalue weighted by atomic mass is 10.1. The lowest BCUT2D eigenvalue weighted by molar-refractivity contribution is -0.386. The van der Waals surface area contributed by atoms with Crippen LogP contribution >= 0.6 is 11.6 Å². The molecule has 0 aliphatic rings. The molecule has 0 amide bonds. The van der Waals surface area contributed by atoms with Crippen LogP contribution in [0.4, 0.5) is 14.5 Å². The van der Waals surface area contributed by atoms with Crippen LogP contribution in [0.5, 0.6) is 5.75 Å². The molecule has 1 aromatic heterocycles. The molecule has 0 aromatic carbocycles. The van der Waals surface area contributed by atoms with Crippen molar-refractivity contribution in [3.63, 3.8) is 0 Å². The second-order valence-electron chi connectivity index (χ2n) is 2.58. The minimum absolute atomic E-state index is 0.504. The van der Waals surface area contributed by atoms with Crippen LogP contribution in [-0.2, 0) is 0 Å². The third-order valence-corrected chi connectivity index (χ3v) is 1.84. The zero-order valence-corrected chi connectivity index (χ0v) is 8.11. The molecule has 0 fully saturated rings. The Hall–Kier alpha value is -1.83. The van der Waals surface area contributed by atoms with Crippen molar-refractivity contribution in [3.05, 3.63) is 27.6 Å². The Morgan fingerprint density at radius 3 is 2.56 bits per heavy atom. The van der Waals surface area contributed by atoms with Gasteiger partial charge in [0.15, 0.2) is 17.0 Å². The van der Waals surface area contributed by atoms with E-state index >= 15 is 0 Å². The number of carbonyl (C=O) groups is 1. The van der Waals surface area contributed by atoms with Gasteiger partial charge in [-0.25, -0.2) is 13.8 Å². The molecule has 1 N–H and O–H groups in total. The van der Waals surface area contributed by atoms with Gasteiger partial charge < -0.3 is 5.11 Å². The summed E-state index contributed by atoms with van der Waals surface area (Å²) in [7, 11) is 0. The third kappa shape index (κ3) is 2.06. The first kappa shape index (κ1) is 12.2. The maximum Gasteiger partial charge on any atom is 0.312 e. The van der Waals surface area contributed by atoms with Gasteiger partial charge in [-0.15, -0.1) is 0 Å². The van der Waals surface area contributed by atoms with Gasteiger partial charge in [0.1, 0.15) is 0 Å². The number of nitro groups is 1. The van der Waals surface area contributed by atoms with Crippen LogP contribution in [0.15, 0.2) is 6.20 Å². The molecule has 0 saturated heterocycles. The fourth-order valence-corrected chi connectivity index (χ4v) is 1.23. The molecule has 16 heavy (non-hydrogen) atoms. The SMILES string of the molecule is O=C(Cl)c1c(O)cnc(C(F)F)c1[N+](=O)[O-]. The Balaban J connectivity index is 3.63. The average molecular weight is 253 g/mol. The average Bonchev–Trinajstić information content (AvgIpc) is 2.15. The van der Waals surface area contributed by atoms with E-state index in [1.54, 1.807) is 0 Å². The molecule has 0 bridgehead atoms. The van der Waals surface area contributed by atoms with Crippen LogP contribution in [0.2, 0.25) is 0 Å². The molecule has 0 aliphatic heterocycles. The van der Waals surface area contributed by atoms with Gasteiger partial charge in [0.05, 0.1) is 11.1 Å². The van der Waals surface area contributed by atoms with Gasteiger partial charge in [-0.2, -0.15) is 0 Å². The van der Waals surface area contributed by atoms with Crippen molar-refractivity contribution in [3.8, 4) is 5.75 Å². The van der Waals surface area contributed by atoms with E-state index in [0.29, 0.717) is 6.20 Å². The highest BCUT2D eigenvalue weighted by atomic mass is 35.5. The Bertz CT molecular complexity index is 466. The molecule has 0 unspecified atom stereocenters. The van der Waals surface area contributed by atoms with Crippen LogP contribution in [0, 0.1) is 10.1 Å². The molecule has 86 valence electrons. The number of aromatic nitrogens is 1. The van der Waals surface area contributed by atoms with E-state index in [1.807, 2.05) is 0 Å². The van der Waals surface area contributed by atoms with Crippen molar-refractivity contribution in [2.45, 2.75) is 6.43 Å². The van der Waals surface area contributed by atoms with Gasteiger partial charge >= 0.3 is 5.69 Å². The largest absolute Gasteiger partial charge is 0.505 e. The monoisotopic (exact) mass is 252 g/mol. The van der Waals surface area contributed by atoms with Crippen molar-refractivity contribution in [1.29, 1.82) is 0 Å². The Morgan fingerprint density at radius 1 is 1.62 bits per heavy atom. The van der Waals surface area contributed by atoms with Crippen molar-refractivity contribution in [1.82, 2.24) is 4.98 Å². The summed E-state index contributed by atoms with van der Waals surface area (Å²) in [5, 5.41) is 18.2. The number of halogens is 3. The first-order chi connectivity index (χ1) is 7.36. The van der Waals surface area contributed by atoms with Crippen LogP contribution < -0.4 is 0 Å². The van der Waals surface area contributed by atoms with Crippen molar-refractivity contribution < 1.29 is 23.6 Å². The van der Waals surface area contributed by atoms with Crippen LogP contribution in [0.25, 0.3) is 0 Å². The smallest absolute Gasteiger partial charge is 0.312 e. The first-order valence-corrected chi connectivity index (χ1v) is 4.08. The van der Waals surface area contributed by atoms with E-state index in [1.165, 1.54) is 0 Å². The Kier molecular flexibility index (Phi) is 3.33. The molecular weight excluding hydrogens is 250 g/mol. The Labute approximate surface area is 91.6 Å². The fraction of sp³-hybridized carbons (Fsp3) is 0.143. The number of hydrogen-bond donors (Lipinski definition) is 1. The van der Waals surface area contributed by atoms with Gasteiger partial charge in [-0.1, -0.05) is 0 Å². The number of rotatable bonds is 3. The van der Waals surface area contributed by atoms with Crippen LogP contribution in [0.3, 0.4) is 0 Å². The van der Waals surface area contributed by atoms with Crippen molar-refractivity contribution in [2.75, 3.05) is 0 Å². The summed E-state index contributed by atoms with van der Waals surface area (Å²) in [6.07, 6.45) is -2.75. The van der Waals surface area contributed by atoms with Gasteiger partial charge in [0.25, 0.3) is 11.7 Å². The highest BCUT2D eigenvalue weighted by molar-refractivity contribution is 6.68. The zero-order valence-electron chi connectivity index (χ0n) is 7.35. The molecule has 1 aromatic rings. The van der Waals surface area contributed by atoms with E-state index in [9.17, 15) is 23.7 Å². The number of carbonyl (C=O) groups excluding carboxylic acids is 1. The van der Waals surface area contributed by atoms with Gasteiger partial charge in [-0.05, 0) is 11.6 Å². The molecule has 0 spiro atoms. The predicted molar refractivity (Wildman–Crippen MR) is 47.7 cm³/mol. The topological polar surface area (TPSA) is 93.3 Å². The maximum atomic E-state index is 12.4. The van der Waals surface area contributed by atoms with Crippen LogP contribution in [0.1, 0.15) is 22.5 Å². The van der Waals surface area contributed by atoms with Gasteiger partial charge in [0, 0.05) is 0 Å². The molecule has 0 radical (unpaired) electrons. The summed E-state index contributed by atoms with van der Waals surface area (Å²) < 4.78 is 24.7. The number of alkyl halides is 2. The van der Waals surface area contributed by atoms with E-state index < -0.39 is 39.3 Å². The number of nitrogens with zero attached hydrogens (tertiary/aromatic N) is 2. The molecule has 9 heteroatoms. The molecular formula is C7H3ClF2N2O4. The standard InChI is InChI=1S/C7H3ClF2N2O4/c8-6(14)3-2(13)1-11-4(7(9)10)5(3)12(15)16/h1,7,13H. The highest BCUT2D eigenvalue weighted by Gasteiger charge is 2.32. The van der Waals surface area contributed by atoms with Gasteiger partial charge in [0.2, 0.25) is 0 Å². The maximum absolute atomic E-state index is 12.4. The molecule has 6 nitrogen and oxygen atoms in total. The minimum atomic E-state index is -3.25. The number of pyridine rings is 1. The number of hydrogen-bond acceptors (Lipinski definition) is 5. The summed E-state index contributed by atoms with van der Waals surface area (Å²) in [6, 6.07) is 0. The second-order valence-corrected chi connectivity index (χ2v) is 2.93. The molecule has 1 heterocycles. The lowest BCUT2D eigenvalue weighted by Crippen LogP contribution is -2.05. The van der Waals surface area contributed by atoms with E-state index in [-0.39, 0.29) is 0 Å². The quantitative estimate of drug-likeness (QED) is 0.504. The zero-order chi connectivity index (χ0) is 12.5. The van der Waals surface area contributed by atoms with Crippen molar-refractivity contribution >= 4 is 22.5 Å². The molecule has 1 rings (SSSR count). The lowest BCUT2D eigenvalue weighted by Gasteiger charge is -2.05. The summed E-state index contributed by atoms with van der Waals surface area (Å²) in [4.78, 5) is 23.1. The normalized spacial score (nSPS) is 10.5. The highest BCUT2D eigenvalue weighted by Crippen LogP contribution is 2.35. The fourth-order valence-electron chi connectivity index (χ4n) is 1.04. The second kappa shape index (κ2) is 4.35. The first-order valence-electron chi connectivity index (χ1n) is 3.70. The Morgan fingerprint density at radius 2 is 2.19 bits per heavy atom. The number of aromatic hydroxyl groups is 1. The van der Waals surface area contributed by atoms with Gasteiger partial charge in [-0.3, -0.25) is 14.9 Å². The van der Waals surface area contributed by atoms with E-state index in [4.69, 9.17) is 16.7 Å². The minimum Gasteiger partial charge on any atom is -0.505 e.